The van der Waals surface area contributed by atoms with E-state index in [0.717, 1.165) is 11.8 Å². The number of nitrogens with one attached hydrogen (secondary N) is 1. The van der Waals surface area contributed by atoms with Gasteiger partial charge in [0.15, 0.2) is 0 Å². The molecule has 11 heteroatoms. The van der Waals surface area contributed by atoms with E-state index < -0.39 is 20.9 Å². The van der Waals surface area contributed by atoms with Crippen LogP contribution in [0.4, 0.5) is 17.1 Å². The molecule has 1 fully saturated rings. The van der Waals surface area contributed by atoms with Crippen LogP contribution >= 0.6 is 0 Å². The van der Waals surface area contributed by atoms with Gasteiger partial charge in [-0.1, -0.05) is 0 Å². The van der Waals surface area contributed by atoms with Crippen LogP contribution in [0.15, 0.2) is 47.4 Å². The summed E-state index contributed by atoms with van der Waals surface area (Å²) in [5.41, 5.74) is 1.53. The lowest BCUT2D eigenvalue weighted by Crippen LogP contribution is -2.52. The van der Waals surface area contributed by atoms with Crippen molar-refractivity contribution in [1.82, 2.24) is 4.72 Å². The van der Waals surface area contributed by atoms with Gasteiger partial charge < -0.3 is 14.5 Å². The summed E-state index contributed by atoms with van der Waals surface area (Å²) in [5.74, 6) is -0.402. The molecule has 1 unspecified atom stereocenters. The van der Waals surface area contributed by atoms with Crippen molar-refractivity contribution in [3.8, 4) is 0 Å². The molecule has 1 atom stereocenters. The standard InChI is InChI=1S/C20H24N4O6S/c1-14-13-22(16-6-4-15(5-7-16)20(25)30-3)10-11-23(14)18-9-8-17(31(28,29)21-2)12-19(18)24(26)27/h4-9,12,14,21H,10-11,13H2,1-3H3. The number of esters is 1. The van der Waals surface area contributed by atoms with Crippen LogP contribution in [-0.2, 0) is 14.8 Å². The summed E-state index contributed by atoms with van der Waals surface area (Å²) in [6.07, 6.45) is 0. The zero-order valence-corrected chi connectivity index (χ0v) is 18.3. The molecule has 166 valence electrons. The van der Waals surface area contributed by atoms with E-state index >= 15 is 0 Å². The molecular formula is C20H24N4O6S. The lowest BCUT2D eigenvalue weighted by molar-refractivity contribution is -0.384. The van der Waals surface area contributed by atoms with E-state index in [1.165, 1.54) is 26.3 Å². The quantitative estimate of drug-likeness (QED) is 0.405. The number of nitrogens with zero attached hydrogens (tertiary/aromatic N) is 3. The van der Waals surface area contributed by atoms with Crippen molar-refractivity contribution in [2.24, 2.45) is 0 Å². The Morgan fingerprint density at radius 3 is 2.42 bits per heavy atom. The molecule has 1 aliphatic heterocycles. The number of anilines is 2. The highest BCUT2D eigenvalue weighted by Gasteiger charge is 2.30. The Kier molecular flexibility index (Phi) is 6.46. The predicted molar refractivity (Wildman–Crippen MR) is 116 cm³/mol. The number of nitro groups is 1. The van der Waals surface area contributed by atoms with Crippen LogP contribution in [0.1, 0.15) is 17.3 Å². The first-order valence-electron chi connectivity index (χ1n) is 9.60. The van der Waals surface area contributed by atoms with Crippen LogP contribution in [0.2, 0.25) is 0 Å². The molecular weight excluding hydrogens is 424 g/mol. The molecule has 1 heterocycles. The van der Waals surface area contributed by atoms with Crippen LogP contribution in [0.25, 0.3) is 0 Å². The van der Waals surface area contributed by atoms with Gasteiger partial charge in [-0.2, -0.15) is 0 Å². The summed E-state index contributed by atoms with van der Waals surface area (Å²) in [5, 5.41) is 11.7. The minimum atomic E-state index is -3.79. The van der Waals surface area contributed by atoms with Gasteiger partial charge in [0.05, 0.1) is 22.5 Å². The molecule has 0 amide bonds. The SMILES string of the molecule is CNS(=O)(=O)c1ccc(N2CCN(c3ccc(C(=O)OC)cc3)CC2C)c([N+](=O)[O-])c1. The van der Waals surface area contributed by atoms with E-state index in [-0.39, 0.29) is 16.6 Å². The van der Waals surface area contributed by atoms with Gasteiger partial charge in [0.2, 0.25) is 10.0 Å². The third-order valence-electron chi connectivity index (χ3n) is 5.31. The maximum atomic E-state index is 12.0. The second-order valence-corrected chi connectivity index (χ2v) is 9.03. The molecule has 0 radical (unpaired) electrons. The van der Waals surface area contributed by atoms with E-state index in [9.17, 15) is 23.3 Å². The fourth-order valence-corrected chi connectivity index (χ4v) is 4.40. The Labute approximate surface area is 180 Å². The molecule has 1 N–H and O–H groups in total. The lowest BCUT2D eigenvalue weighted by Gasteiger charge is -2.42. The van der Waals surface area contributed by atoms with Gasteiger partial charge in [-0.3, -0.25) is 10.1 Å². The largest absolute Gasteiger partial charge is 0.465 e. The van der Waals surface area contributed by atoms with Crippen molar-refractivity contribution in [2.45, 2.75) is 17.9 Å². The normalized spacial score (nSPS) is 16.8. The fraction of sp³-hybridized carbons (Fsp3) is 0.350. The highest BCUT2D eigenvalue weighted by molar-refractivity contribution is 7.89. The maximum absolute atomic E-state index is 12.0. The molecule has 2 aromatic rings. The van der Waals surface area contributed by atoms with Gasteiger partial charge in [0.25, 0.3) is 5.69 Å². The first-order valence-corrected chi connectivity index (χ1v) is 11.1. The Hall–Kier alpha value is -3.18. The van der Waals surface area contributed by atoms with Crippen molar-refractivity contribution in [3.63, 3.8) is 0 Å². The second kappa shape index (κ2) is 8.90. The highest BCUT2D eigenvalue weighted by atomic mass is 32.2. The molecule has 3 rings (SSSR count). The fourth-order valence-electron chi connectivity index (χ4n) is 3.65. The van der Waals surface area contributed by atoms with Crippen molar-refractivity contribution < 1.29 is 22.9 Å². The van der Waals surface area contributed by atoms with E-state index in [0.29, 0.717) is 30.9 Å². The van der Waals surface area contributed by atoms with Crippen molar-refractivity contribution in [3.05, 3.63) is 58.1 Å². The molecule has 1 saturated heterocycles. The van der Waals surface area contributed by atoms with Crippen LogP contribution in [0.3, 0.4) is 0 Å². The zero-order valence-electron chi connectivity index (χ0n) is 17.4. The van der Waals surface area contributed by atoms with Crippen molar-refractivity contribution >= 4 is 33.1 Å². The number of piperazine rings is 1. The molecule has 0 aliphatic carbocycles. The molecule has 0 aromatic heterocycles. The Balaban J connectivity index is 1.82. The number of benzene rings is 2. The van der Waals surface area contributed by atoms with Crippen molar-refractivity contribution in [1.29, 1.82) is 0 Å². The lowest BCUT2D eigenvalue weighted by atomic mass is 10.1. The first-order chi connectivity index (χ1) is 14.7. The second-order valence-electron chi connectivity index (χ2n) is 7.14. The number of carbonyl (C=O) groups excluding carboxylic acids is 1. The van der Waals surface area contributed by atoms with Gasteiger partial charge in [-0.25, -0.2) is 17.9 Å². The van der Waals surface area contributed by atoms with E-state index in [4.69, 9.17) is 4.74 Å². The summed E-state index contributed by atoms with van der Waals surface area (Å²) in [6, 6.07) is 11.0. The third-order valence-corrected chi connectivity index (χ3v) is 6.73. The summed E-state index contributed by atoms with van der Waals surface area (Å²) >= 11 is 0. The number of hydrogen-bond donors (Lipinski definition) is 1. The van der Waals surface area contributed by atoms with Gasteiger partial charge in [0, 0.05) is 37.4 Å². The average Bonchev–Trinajstić information content (AvgIpc) is 2.78. The third kappa shape index (κ3) is 4.62. The highest BCUT2D eigenvalue weighted by Crippen LogP contribution is 2.34. The molecule has 0 saturated carbocycles. The topological polar surface area (TPSA) is 122 Å². The van der Waals surface area contributed by atoms with Crippen LogP contribution in [-0.4, -0.2) is 59.1 Å². The number of carbonyl (C=O) groups is 1. The summed E-state index contributed by atoms with van der Waals surface area (Å²) in [4.78, 5) is 26.6. The van der Waals surface area contributed by atoms with Crippen molar-refractivity contribution in [2.75, 3.05) is 43.6 Å². The molecule has 1 aliphatic rings. The van der Waals surface area contributed by atoms with Crippen LogP contribution in [0.5, 0.6) is 0 Å². The number of nitro benzene ring substituents is 1. The minimum absolute atomic E-state index is 0.0699. The van der Waals surface area contributed by atoms with Gasteiger partial charge in [-0.05, 0) is 50.4 Å². The van der Waals surface area contributed by atoms with Crippen LogP contribution in [0, 0.1) is 10.1 Å². The number of sulfonamides is 1. The Bertz CT molecular complexity index is 1090. The smallest absolute Gasteiger partial charge is 0.337 e. The summed E-state index contributed by atoms with van der Waals surface area (Å²) < 4.78 is 30.9. The number of ether oxygens (including phenoxy) is 1. The zero-order chi connectivity index (χ0) is 22.8. The predicted octanol–water partition coefficient (Wildman–Crippen LogP) is 2.00. The monoisotopic (exact) mass is 448 g/mol. The Morgan fingerprint density at radius 1 is 1.19 bits per heavy atom. The minimum Gasteiger partial charge on any atom is -0.465 e. The van der Waals surface area contributed by atoms with E-state index in [1.807, 2.05) is 24.0 Å². The van der Waals surface area contributed by atoms with Crippen LogP contribution < -0.4 is 14.5 Å². The van der Waals surface area contributed by atoms with Gasteiger partial charge in [-0.15, -0.1) is 0 Å². The molecule has 0 spiro atoms. The average molecular weight is 449 g/mol. The Morgan fingerprint density at radius 2 is 1.87 bits per heavy atom. The number of rotatable bonds is 6. The van der Waals surface area contributed by atoms with E-state index in [1.54, 1.807) is 12.1 Å². The van der Waals surface area contributed by atoms with Gasteiger partial charge >= 0.3 is 5.97 Å². The van der Waals surface area contributed by atoms with Gasteiger partial charge in [0.1, 0.15) is 5.69 Å². The summed E-state index contributed by atoms with van der Waals surface area (Å²) in [6.45, 7) is 3.68. The molecule has 2 aromatic carbocycles. The number of methoxy groups -OCH3 is 1. The number of hydrogen-bond acceptors (Lipinski definition) is 8. The molecule has 0 bridgehead atoms. The molecule has 31 heavy (non-hydrogen) atoms. The first kappa shape index (κ1) is 22.5. The molecule has 10 nitrogen and oxygen atoms in total. The maximum Gasteiger partial charge on any atom is 0.337 e. The summed E-state index contributed by atoms with van der Waals surface area (Å²) in [7, 11) is -1.20. The van der Waals surface area contributed by atoms with E-state index in [2.05, 4.69) is 9.62 Å².